The van der Waals surface area contributed by atoms with E-state index in [1.807, 2.05) is 0 Å². The fraction of sp³-hybridized carbons (Fsp3) is 0.238. The molecule has 2 fully saturated rings. The van der Waals surface area contributed by atoms with Crippen LogP contribution in [0.2, 0.25) is 10.0 Å². The van der Waals surface area contributed by atoms with Crippen LogP contribution >= 0.6 is 45.9 Å². The minimum Gasteiger partial charge on any atom is -0.325 e. The monoisotopic (exact) mass is 1150 g/mol. The van der Waals surface area contributed by atoms with Crippen LogP contribution in [0.1, 0.15) is 34.9 Å². The highest BCUT2D eigenvalue weighted by Gasteiger charge is 2.43. The number of carbonyl (C=O) groups excluding carboxylic acids is 2. The lowest BCUT2D eigenvalue weighted by Crippen LogP contribution is -2.55. The van der Waals surface area contributed by atoms with Crippen molar-refractivity contribution in [1.82, 2.24) is 28.0 Å². The molecule has 384 valence electrons. The van der Waals surface area contributed by atoms with Crippen molar-refractivity contribution in [3.05, 3.63) is 129 Å². The van der Waals surface area contributed by atoms with Gasteiger partial charge in [0.25, 0.3) is 20.4 Å². The van der Waals surface area contributed by atoms with Gasteiger partial charge in [0.1, 0.15) is 33.7 Å². The number of amides is 2. The van der Waals surface area contributed by atoms with Crippen molar-refractivity contribution in [2.45, 2.75) is 37.0 Å². The summed E-state index contributed by atoms with van der Waals surface area (Å²) in [6.45, 7) is 0. The van der Waals surface area contributed by atoms with Crippen LogP contribution in [0.25, 0.3) is 20.9 Å². The molecule has 2 saturated heterocycles. The molecule has 2 amide bonds. The van der Waals surface area contributed by atoms with Gasteiger partial charge in [0.2, 0.25) is 31.9 Å². The summed E-state index contributed by atoms with van der Waals surface area (Å²) in [5.74, 6) is -2.48. The molecule has 6 aromatic rings. The molecule has 0 bridgehead atoms. The predicted molar refractivity (Wildman–Crippen MR) is 274 cm³/mol. The first-order valence-corrected chi connectivity index (χ1v) is 29.8. The van der Waals surface area contributed by atoms with E-state index in [0.717, 1.165) is 54.1 Å². The van der Waals surface area contributed by atoms with Crippen LogP contribution in [0.5, 0.6) is 0 Å². The largest absolute Gasteiger partial charge is 0.325 e. The van der Waals surface area contributed by atoms with Crippen molar-refractivity contribution >= 4 is 121 Å². The minimum absolute atomic E-state index is 0.0979. The van der Waals surface area contributed by atoms with Gasteiger partial charge in [-0.1, -0.05) is 47.5 Å². The second-order valence-corrected chi connectivity index (χ2v) is 26.1. The molecule has 72 heavy (non-hydrogen) atoms. The van der Waals surface area contributed by atoms with E-state index in [2.05, 4.69) is 39.5 Å². The van der Waals surface area contributed by atoms with E-state index in [0.29, 0.717) is 21.4 Å². The number of thiazole rings is 2. The predicted octanol–water partition coefficient (Wildman–Crippen LogP) is 6.38. The Labute approximate surface area is 431 Å². The molecule has 0 spiro atoms. The van der Waals surface area contributed by atoms with E-state index < -0.39 is 88.1 Å². The van der Waals surface area contributed by atoms with Gasteiger partial charge < -0.3 is 10.6 Å². The summed E-state index contributed by atoms with van der Waals surface area (Å²) in [7, 11) is -12.2. The smallest absolute Gasteiger partial charge is 0.280 e. The third kappa shape index (κ3) is 13.7. The highest BCUT2D eigenvalue weighted by molar-refractivity contribution is 7.92. The standard InChI is InChI=1S/2C21H21ClFN5O5S3/c2*1-28-18(20(29)25-14-7-8-16(23)15(22)9-14)10-17(27-36(28,32)33)21-24-11-19(34-21)12-3-5-13(6-4-12)26-35(2,30)31/h2*3-9,11,17-18,26-27H,10H2,1-2H3,(H,25,29)/t17-,18+;/m1./s1. The first-order chi connectivity index (χ1) is 33.6. The molecule has 6 N–H and O–H groups in total. The molecule has 0 saturated carbocycles. The molecule has 30 heteroatoms. The molecule has 4 aromatic carbocycles. The SMILES string of the molecule is CN1C(C(=O)Nc2ccc(F)c(Cl)c2)CC(c2ncc(-c3ccc(NS(C)(=O)=O)cc3)s2)NS1(=O)=O.CN1[C@H](C(=O)Nc2ccc(F)c(Cl)c2)C[C@H](c2ncc(-c3ccc(NS(C)(=O)=O)cc3)s2)NS1(=O)=O. The lowest BCUT2D eigenvalue weighted by Gasteiger charge is -2.35. The van der Waals surface area contributed by atoms with Gasteiger partial charge in [-0.2, -0.15) is 34.9 Å². The summed E-state index contributed by atoms with van der Waals surface area (Å²) in [6, 6.07) is 17.0. The van der Waals surface area contributed by atoms with E-state index in [-0.39, 0.29) is 34.3 Å². The molecule has 20 nitrogen and oxygen atoms in total. The number of aromatic nitrogens is 2. The van der Waals surface area contributed by atoms with Crippen molar-refractivity contribution in [2.24, 2.45) is 0 Å². The van der Waals surface area contributed by atoms with Crippen LogP contribution in [-0.4, -0.2) is 103 Å². The van der Waals surface area contributed by atoms with E-state index >= 15 is 0 Å². The summed E-state index contributed by atoms with van der Waals surface area (Å²) < 4.78 is 135. The normalized spacial score (nSPS) is 20.1. The van der Waals surface area contributed by atoms with Gasteiger partial charge >= 0.3 is 0 Å². The van der Waals surface area contributed by atoms with Crippen LogP contribution < -0.4 is 29.5 Å². The van der Waals surface area contributed by atoms with E-state index in [4.69, 9.17) is 23.2 Å². The van der Waals surface area contributed by atoms with Crippen LogP contribution in [0.3, 0.4) is 0 Å². The highest BCUT2D eigenvalue weighted by Crippen LogP contribution is 2.37. The number of hydrogen-bond donors (Lipinski definition) is 6. The van der Waals surface area contributed by atoms with Crippen molar-refractivity contribution in [2.75, 3.05) is 46.7 Å². The number of likely N-dealkylation sites (N-methyl/N-ethyl adjacent to an activating group) is 2. The maximum atomic E-state index is 13.4. The highest BCUT2D eigenvalue weighted by atomic mass is 35.5. The molecule has 2 aliphatic rings. The first kappa shape index (κ1) is 54.5. The Balaban J connectivity index is 0.000000211. The van der Waals surface area contributed by atoms with E-state index in [1.54, 1.807) is 60.9 Å². The first-order valence-electron chi connectivity index (χ1n) is 20.7. The quantitative estimate of drug-likeness (QED) is 0.0779. The van der Waals surface area contributed by atoms with Crippen LogP contribution in [0.4, 0.5) is 31.5 Å². The Hall–Kier alpha value is -5.24. The second kappa shape index (κ2) is 21.7. The van der Waals surface area contributed by atoms with Crippen LogP contribution in [0, 0.1) is 11.6 Å². The Kier molecular flexibility index (Phi) is 16.4. The summed E-state index contributed by atoms with van der Waals surface area (Å²) >= 11 is 14.0. The number of nitrogens with zero attached hydrogens (tertiary/aromatic N) is 4. The molecule has 4 heterocycles. The molecule has 2 unspecified atom stereocenters. The summed E-state index contributed by atoms with van der Waals surface area (Å²) in [6.07, 6.45) is 5.48. The third-order valence-corrected chi connectivity index (χ3v) is 18.0. The minimum atomic E-state index is -4.00. The van der Waals surface area contributed by atoms with Gasteiger partial charge in [0, 0.05) is 49.2 Å². The van der Waals surface area contributed by atoms with Gasteiger partial charge in [-0.15, -0.1) is 22.7 Å². The van der Waals surface area contributed by atoms with E-state index in [1.165, 1.54) is 61.0 Å². The van der Waals surface area contributed by atoms with Crippen molar-refractivity contribution in [3.8, 4) is 20.9 Å². The maximum Gasteiger partial charge on any atom is 0.280 e. The molecule has 2 aromatic heterocycles. The number of halogens is 4. The molecular formula is C42H42Cl2F2N10O10S6. The van der Waals surface area contributed by atoms with Gasteiger partial charge in [-0.05, 0) is 84.6 Å². The van der Waals surface area contributed by atoms with Crippen molar-refractivity contribution < 1.29 is 52.0 Å². The number of benzene rings is 4. The zero-order chi connectivity index (χ0) is 52.5. The fourth-order valence-corrected chi connectivity index (χ4v) is 13.3. The van der Waals surface area contributed by atoms with Gasteiger partial charge in [-0.3, -0.25) is 19.0 Å². The fourth-order valence-electron chi connectivity index (χ4n) is 7.14. The zero-order valence-electron chi connectivity index (χ0n) is 37.8. The van der Waals surface area contributed by atoms with Crippen molar-refractivity contribution in [1.29, 1.82) is 0 Å². The topological polar surface area (TPSA) is 275 Å². The van der Waals surface area contributed by atoms with Crippen molar-refractivity contribution in [3.63, 3.8) is 0 Å². The van der Waals surface area contributed by atoms with Gasteiger partial charge in [0.05, 0.1) is 44.4 Å². The number of carbonyl (C=O) groups is 2. The molecule has 8 rings (SSSR count). The molecule has 2 aliphatic heterocycles. The van der Waals surface area contributed by atoms with Crippen LogP contribution in [0.15, 0.2) is 97.3 Å². The zero-order valence-corrected chi connectivity index (χ0v) is 44.2. The molecular weight excluding hydrogens is 1110 g/mol. The maximum absolute atomic E-state index is 13.4. The Morgan fingerprint density at radius 1 is 0.611 bits per heavy atom. The molecule has 0 radical (unpaired) electrons. The van der Waals surface area contributed by atoms with Gasteiger partial charge in [-0.25, -0.2) is 35.6 Å². The summed E-state index contributed by atoms with van der Waals surface area (Å²) in [5.41, 5.74) is 2.80. The Bertz CT molecular complexity index is 3260. The Morgan fingerprint density at radius 3 is 1.26 bits per heavy atom. The van der Waals surface area contributed by atoms with Crippen LogP contribution in [-0.2, 0) is 50.1 Å². The second-order valence-electron chi connectivity index (χ2n) is 16.2. The number of sulfonamides is 2. The van der Waals surface area contributed by atoms with E-state index in [9.17, 15) is 52.0 Å². The Morgan fingerprint density at radius 2 is 0.944 bits per heavy atom. The lowest BCUT2D eigenvalue weighted by atomic mass is 10.1. The summed E-state index contributed by atoms with van der Waals surface area (Å²) in [5, 5.41) is 5.74. The molecule has 4 atom stereocenters. The summed E-state index contributed by atoms with van der Waals surface area (Å²) in [4.78, 5) is 36.1. The number of nitrogens with one attached hydrogen (secondary N) is 6. The third-order valence-electron chi connectivity index (χ3n) is 10.7. The number of anilines is 4. The average molecular weight is 1150 g/mol. The number of hydrogen-bond acceptors (Lipinski definition) is 14. The number of rotatable bonds is 12. The molecule has 0 aliphatic carbocycles. The average Bonchev–Trinajstić information content (AvgIpc) is 4.00. The van der Waals surface area contributed by atoms with Gasteiger partial charge in [0.15, 0.2) is 0 Å². The lowest BCUT2D eigenvalue weighted by molar-refractivity contribution is -0.120.